The van der Waals surface area contributed by atoms with Crippen LogP contribution in [0.15, 0.2) is 291 Å². The molecule has 526 valence electrons. The summed E-state index contributed by atoms with van der Waals surface area (Å²) in [6.07, 6.45) is 0. The number of benzene rings is 12. The van der Waals surface area contributed by atoms with Crippen LogP contribution in [0.1, 0.15) is 66.8 Å². The van der Waals surface area contributed by atoms with E-state index in [1.165, 1.54) is 0 Å². The van der Waals surface area contributed by atoms with Crippen LogP contribution in [0.2, 0.25) is 0 Å². The van der Waals surface area contributed by atoms with Gasteiger partial charge >= 0.3 is 602 Å². The van der Waals surface area contributed by atoms with Crippen molar-refractivity contribution in [2.45, 2.75) is 83.1 Å². The van der Waals surface area contributed by atoms with Gasteiger partial charge in [0, 0.05) is 0 Å². The van der Waals surface area contributed by atoms with Gasteiger partial charge in [0.15, 0.2) is 0 Å². The summed E-state index contributed by atoms with van der Waals surface area (Å²) in [4.78, 5) is 0. The second-order valence-corrected chi connectivity index (χ2v) is 55.0. The van der Waals surface area contributed by atoms with Crippen LogP contribution in [0, 0.1) is 83.1 Å². The van der Waals surface area contributed by atoms with Gasteiger partial charge in [-0.2, -0.15) is 0 Å². The van der Waals surface area contributed by atoms with Gasteiger partial charge in [-0.05, 0) is 0 Å². The molecule has 0 atom stereocenters. The SMILES string of the molecule is Cc1ccccc1O[PH](Oc1ccccc1C)(Oc1ccccc1C)[Ni]([PH](Oc1ccccc1C)(Oc1ccccc1C)Oc1ccccc1C)([PH](Oc1ccccc1C)(Oc1ccccc1C)Oc1ccccc1C)[PH](Oc1ccccc1C)(Oc1ccccc1C)Oc1ccccc1C. The number of hydrogen-bond donors (Lipinski definition) is 0. The van der Waals surface area contributed by atoms with Gasteiger partial charge in [-0.25, -0.2) is 0 Å². The van der Waals surface area contributed by atoms with Crippen molar-refractivity contribution in [1.82, 2.24) is 0 Å². The summed E-state index contributed by atoms with van der Waals surface area (Å²) < 4.78 is 106. The molecule has 0 heterocycles. The molecule has 0 spiro atoms. The molecule has 0 aromatic heterocycles. The molecule has 0 fully saturated rings. The summed E-state index contributed by atoms with van der Waals surface area (Å²) in [5.41, 5.74) is 8.24. The van der Waals surface area contributed by atoms with Crippen LogP contribution in [0.4, 0.5) is 0 Å². The first-order valence-corrected chi connectivity index (χ1v) is 45.5. The Hall–Kier alpha value is -9.55. The molecule has 0 bridgehead atoms. The van der Waals surface area contributed by atoms with Crippen LogP contribution in [0.5, 0.6) is 69.0 Å². The zero-order chi connectivity index (χ0) is 70.8. The number of aryl methyl sites for hydroxylation is 12. The third-order valence-electron chi connectivity index (χ3n) is 17.0. The molecule has 12 nitrogen and oxygen atoms in total. The van der Waals surface area contributed by atoms with Crippen molar-refractivity contribution in [3.8, 4) is 69.0 Å². The van der Waals surface area contributed by atoms with Crippen molar-refractivity contribution >= 4 is 26.9 Å². The zero-order valence-electron chi connectivity index (χ0n) is 58.9. The summed E-state index contributed by atoms with van der Waals surface area (Å²) in [5, 5.41) is 0. The van der Waals surface area contributed by atoms with Crippen molar-refractivity contribution in [2.75, 3.05) is 0 Å². The molecule has 0 saturated carbocycles. The Morgan fingerprint density at radius 2 is 0.218 bits per heavy atom. The molecule has 0 N–H and O–H groups in total. The van der Waals surface area contributed by atoms with Gasteiger partial charge in [-0.15, -0.1) is 0 Å². The van der Waals surface area contributed by atoms with Crippen LogP contribution in [0.3, 0.4) is 0 Å². The van der Waals surface area contributed by atoms with E-state index < -0.39 is 37.5 Å². The molecule has 101 heavy (non-hydrogen) atoms. The van der Waals surface area contributed by atoms with Gasteiger partial charge in [0.25, 0.3) is 0 Å². The van der Waals surface area contributed by atoms with Crippen molar-refractivity contribution in [1.29, 1.82) is 0 Å². The van der Waals surface area contributed by atoms with E-state index in [4.69, 9.17) is 54.3 Å². The monoisotopic (exact) mass is 1470 g/mol. The predicted octanol–water partition coefficient (Wildman–Crippen LogP) is 24.4. The first kappa shape index (κ1) is 71.3. The van der Waals surface area contributed by atoms with Crippen LogP contribution in [-0.2, 0) is 10.7 Å². The minimum absolute atomic E-state index is 0.322. The number of hydrogen-bond acceptors (Lipinski definition) is 12. The topological polar surface area (TPSA) is 111 Å². The van der Waals surface area contributed by atoms with E-state index in [2.05, 4.69) is 0 Å². The summed E-state index contributed by atoms with van der Waals surface area (Å²) in [5.74, 6) is 3.86. The third kappa shape index (κ3) is 14.8. The molecule has 0 unspecified atom stereocenters. The van der Waals surface area contributed by atoms with Gasteiger partial charge in [-0.1, -0.05) is 0 Å². The van der Waals surface area contributed by atoms with E-state index in [-0.39, 0.29) is 0 Å². The fourth-order valence-electron chi connectivity index (χ4n) is 11.1. The molecule has 12 rings (SSSR count). The number of rotatable bonds is 28. The summed E-state index contributed by atoms with van der Waals surface area (Å²) in [6.45, 7) is -0.900. The van der Waals surface area contributed by atoms with Gasteiger partial charge in [0.05, 0.1) is 0 Å². The Morgan fingerprint density at radius 1 is 0.139 bits per heavy atom. The van der Waals surface area contributed by atoms with Crippen LogP contribution < -0.4 is 54.3 Å². The predicted molar refractivity (Wildman–Crippen MR) is 415 cm³/mol. The van der Waals surface area contributed by atoms with Gasteiger partial charge in [-0.3, -0.25) is 0 Å². The van der Waals surface area contributed by atoms with E-state index in [1.807, 2.05) is 374 Å². The maximum atomic E-state index is 8.87. The Balaban J connectivity index is 1.55. The van der Waals surface area contributed by atoms with Gasteiger partial charge in [0.2, 0.25) is 0 Å². The molecule has 12 aromatic rings. The van der Waals surface area contributed by atoms with Gasteiger partial charge < -0.3 is 0 Å². The Morgan fingerprint density at radius 3 is 0.297 bits per heavy atom. The first-order valence-electron chi connectivity index (χ1n) is 33.5. The van der Waals surface area contributed by atoms with Crippen molar-refractivity contribution < 1.29 is 64.9 Å². The Bertz CT molecular complexity index is 3810. The number of para-hydroxylation sites is 12. The summed E-state index contributed by atoms with van der Waals surface area (Å²) in [6, 6.07) is 93.4. The Labute approximate surface area is 598 Å². The molecule has 0 aliphatic carbocycles. The summed E-state index contributed by atoms with van der Waals surface area (Å²) >= 11 is 0. The molecular weight excluding hydrogens is 1380 g/mol. The molecule has 0 aliphatic rings. The minimum atomic E-state index is -6.19. The average Bonchev–Trinajstić information content (AvgIpc) is 0.651. The van der Waals surface area contributed by atoms with E-state index in [0.29, 0.717) is 136 Å². The fraction of sp³-hybridized carbons (Fsp3) is 0.143. The molecule has 12 aromatic carbocycles. The molecule has 17 heteroatoms. The van der Waals surface area contributed by atoms with E-state index in [9.17, 15) is 0 Å². The quantitative estimate of drug-likeness (QED) is 0.0344. The van der Waals surface area contributed by atoms with E-state index >= 15 is 0 Å². The van der Waals surface area contributed by atoms with E-state index in [0.717, 1.165) is 0 Å². The van der Waals surface area contributed by atoms with Crippen LogP contribution in [-0.4, -0.2) is 0 Å². The Kier molecular flexibility index (Phi) is 22.0. The third-order valence-corrected chi connectivity index (χ3v) is 68.0. The van der Waals surface area contributed by atoms with Crippen LogP contribution in [0.25, 0.3) is 0 Å². The van der Waals surface area contributed by atoms with Crippen molar-refractivity contribution in [3.05, 3.63) is 358 Å². The molecule has 0 saturated heterocycles. The van der Waals surface area contributed by atoms with Crippen molar-refractivity contribution in [2.24, 2.45) is 0 Å². The average molecular weight is 1470 g/mol. The molecular formula is C84H88NiO12P4. The van der Waals surface area contributed by atoms with Crippen molar-refractivity contribution in [3.63, 3.8) is 0 Å². The second kappa shape index (κ2) is 31.1. The van der Waals surface area contributed by atoms with E-state index in [1.54, 1.807) is 0 Å². The van der Waals surface area contributed by atoms with Gasteiger partial charge in [0.1, 0.15) is 0 Å². The first-order chi connectivity index (χ1) is 48.9. The second-order valence-electron chi connectivity index (χ2n) is 24.7. The fourth-order valence-corrected chi connectivity index (χ4v) is 67.9. The standard InChI is InChI=1S/4C21H22O3P.Ni/c4*1-16-10-4-7-13-19(16)22-25(23-20-14-8-5-11-17(20)2)24-21-15-9-6-12-18(21)3;/h4*4-15,25H,1-3H3;/q4*+1;-4. The zero-order valence-corrected chi connectivity index (χ0v) is 63.9. The van der Waals surface area contributed by atoms with Crippen LogP contribution >= 0.6 is 26.9 Å². The normalized spacial score (nSPS) is 13.2. The molecule has 0 radical (unpaired) electrons. The summed E-state index contributed by atoms with van der Waals surface area (Å²) in [7, 11) is -5.36. The molecule has 0 aliphatic heterocycles. The molecule has 0 amide bonds. The maximum absolute atomic E-state index is 8.87.